The summed E-state index contributed by atoms with van der Waals surface area (Å²) < 4.78 is 0. The van der Waals surface area contributed by atoms with Crippen LogP contribution in [0.5, 0.6) is 0 Å². The Balaban J connectivity index is 2.35. The summed E-state index contributed by atoms with van der Waals surface area (Å²) in [4.78, 5) is 0. The zero-order valence-corrected chi connectivity index (χ0v) is 11.4. The molecule has 0 aromatic rings. The lowest BCUT2D eigenvalue weighted by molar-refractivity contribution is 0.146. The van der Waals surface area contributed by atoms with Crippen LogP contribution in [-0.2, 0) is 0 Å². The van der Waals surface area contributed by atoms with Crippen molar-refractivity contribution in [3.63, 3.8) is 0 Å². The van der Waals surface area contributed by atoms with Crippen molar-refractivity contribution >= 4 is 0 Å². The van der Waals surface area contributed by atoms with Crippen LogP contribution in [0.4, 0.5) is 0 Å². The van der Waals surface area contributed by atoms with E-state index in [-0.39, 0.29) is 0 Å². The van der Waals surface area contributed by atoms with Gasteiger partial charge in [0.25, 0.3) is 0 Å². The molecule has 1 aliphatic carbocycles. The molecule has 0 aromatic carbocycles. The highest BCUT2D eigenvalue weighted by Gasteiger charge is 2.28. The summed E-state index contributed by atoms with van der Waals surface area (Å²) in [6.45, 7) is 7.22. The number of aliphatic hydroxyl groups excluding tert-OH is 1. The predicted molar refractivity (Wildman–Crippen MR) is 70.4 cm³/mol. The Kier molecular flexibility index (Phi) is 6.41. The largest absolute Gasteiger partial charge is 0.396 e. The van der Waals surface area contributed by atoms with Crippen LogP contribution in [0.1, 0.15) is 65.7 Å². The minimum absolute atomic E-state index is 0.362. The molecule has 0 bridgehead atoms. The van der Waals surface area contributed by atoms with Gasteiger partial charge >= 0.3 is 0 Å². The van der Waals surface area contributed by atoms with Gasteiger partial charge in [-0.1, -0.05) is 40.0 Å². The third kappa shape index (κ3) is 4.08. The van der Waals surface area contributed by atoms with Crippen molar-refractivity contribution in [2.24, 2.45) is 23.7 Å². The molecule has 0 aromatic heterocycles. The van der Waals surface area contributed by atoms with Gasteiger partial charge in [0.05, 0.1) is 0 Å². The van der Waals surface area contributed by atoms with Crippen LogP contribution >= 0.6 is 0 Å². The minimum atomic E-state index is 0.362. The normalized spacial score (nSPS) is 32.6. The highest BCUT2D eigenvalue weighted by Crippen LogP contribution is 2.39. The van der Waals surface area contributed by atoms with Crippen molar-refractivity contribution in [3.05, 3.63) is 0 Å². The molecule has 1 rings (SSSR count). The quantitative estimate of drug-likeness (QED) is 0.718. The van der Waals surface area contributed by atoms with E-state index in [0.717, 1.165) is 17.8 Å². The van der Waals surface area contributed by atoms with E-state index in [1.165, 1.54) is 44.9 Å². The van der Waals surface area contributed by atoms with Gasteiger partial charge in [0.2, 0.25) is 0 Å². The molecule has 16 heavy (non-hydrogen) atoms. The average molecular weight is 226 g/mol. The summed E-state index contributed by atoms with van der Waals surface area (Å²) in [5, 5.41) is 9.07. The average Bonchev–Trinajstić information content (AvgIpc) is 2.35. The lowest BCUT2D eigenvalue weighted by Crippen LogP contribution is -2.25. The van der Waals surface area contributed by atoms with Crippen LogP contribution in [0, 0.1) is 23.7 Å². The second-order valence-corrected chi connectivity index (χ2v) is 5.88. The Morgan fingerprint density at radius 1 is 1.12 bits per heavy atom. The van der Waals surface area contributed by atoms with Crippen molar-refractivity contribution in [2.45, 2.75) is 65.7 Å². The topological polar surface area (TPSA) is 20.2 Å². The van der Waals surface area contributed by atoms with Crippen molar-refractivity contribution in [2.75, 3.05) is 6.61 Å². The Morgan fingerprint density at radius 3 is 2.44 bits per heavy atom. The highest BCUT2D eigenvalue weighted by molar-refractivity contribution is 4.79. The molecule has 1 nitrogen and oxygen atoms in total. The molecular formula is C15H30O. The van der Waals surface area contributed by atoms with Crippen molar-refractivity contribution in [1.82, 2.24) is 0 Å². The van der Waals surface area contributed by atoms with Crippen LogP contribution in [0.2, 0.25) is 0 Å². The second kappa shape index (κ2) is 7.32. The van der Waals surface area contributed by atoms with Gasteiger partial charge in [-0.25, -0.2) is 0 Å². The molecule has 1 N–H and O–H groups in total. The van der Waals surface area contributed by atoms with E-state index in [9.17, 15) is 0 Å². The van der Waals surface area contributed by atoms with E-state index < -0.39 is 0 Å². The number of rotatable bonds is 6. The third-order valence-corrected chi connectivity index (χ3v) is 4.69. The van der Waals surface area contributed by atoms with Gasteiger partial charge in [0.1, 0.15) is 0 Å². The summed E-state index contributed by atoms with van der Waals surface area (Å²) in [7, 11) is 0. The maximum atomic E-state index is 9.07. The second-order valence-electron chi connectivity index (χ2n) is 5.88. The molecule has 2 unspecified atom stereocenters. The first-order chi connectivity index (χ1) is 7.71. The van der Waals surface area contributed by atoms with Crippen molar-refractivity contribution < 1.29 is 5.11 Å². The molecule has 4 atom stereocenters. The lowest BCUT2D eigenvalue weighted by Gasteiger charge is -2.36. The molecule has 0 heterocycles. The van der Waals surface area contributed by atoms with E-state index >= 15 is 0 Å². The van der Waals surface area contributed by atoms with Gasteiger partial charge in [-0.05, 0) is 49.4 Å². The molecule has 0 aliphatic heterocycles. The number of hydrogen-bond acceptors (Lipinski definition) is 1. The standard InChI is InChI=1S/C15H30O/c1-4-13-7-9-15(14(5-2)10-13)8-6-12(3)11-16/h12-16H,4-11H2,1-3H3/t12-,13+,14?,15?/m1/s1. The molecule has 96 valence electrons. The Morgan fingerprint density at radius 2 is 1.88 bits per heavy atom. The summed E-state index contributed by atoms with van der Waals surface area (Å²) in [6.07, 6.45) is 9.64. The van der Waals surface area contributed by atoms with Crippen LogP contribution in [0.25, 0.3) is 0 Å². The Bertz CT molecular complexity index is 178. The molecule has 1 fully saturated rings. The molecule has 1 saturated carbocycles. The summed E-state index contributed by atoms with van der Waals surface area (Å²) in [5.41, 5.74) is 0. The van der Waals surface area contributed by atoms with E-state index in [0.29, 0.717) is 12.5 Å². The fraction of sp³-hybridized carbons (Fsp3) is 1.00. The van der Waals surface area contributed by atoms with E-state index in [4.69, 9.17) is 5.11 Å². The Labute approximate surface area is 102 Å². The first-order valence-electron chi connectivity index (χ1n) is 7.32. The van der Waals surface area contributed by atoms with E-state index in [2.05, 4.69) is 20.8 Å². The summed E-state index contributed by atoms with van der Waals surface area (Å²) in [6, 6.07) is 0. The minimum Gasteiger partial charge on any atom is -0.396 e. The molecule has 0 saturated heterocycles. The van der Waals surface area contributed by atoms with E-state index in [1.807, 2.05) is 0 Å². The zero-order chi connectivity index (χ0) is 12.0. The molecule has 0 spiro atoms. The first-order valence-corrected chi connectivity index (χ1v) is 7.32. The maximum Gasteiger partial charge on any atom is 0.0456 e. The Hall–Kier alpha value is -0.0400. The van der Waals surface area contributed by atoms with Gasteiger partial charge in [0, 0.05) is 6.61 Å². The van der Waals surface area contributed by atoms with Gasteiger partial charge in [-0.2, -0.15) is 0 Å². The van der Waals surface area contributed by atoms with Gasteiger partial charge in [0.15, 0.2) is 0 Å². The fourth-order valence-electron chi connectivity index (χ4n) is 3.26. The van der Waals surface area contributed by atoms with Crippen molar-refractivity contribution in [3.8, 4) is 0 Å². The van der Waals surface area contributed by atoms with Crippen LogP contribution in [-0.4, -0.2) is 11.7 Å². The molecule has 0 radical (unpaired) electrons. The number of hydrogen-bond donors (Lipinski definition) is 1. The monoisotopic (exact) mass is 226 g/mol. The third-order valence-electron chi connectivity index (χ3n) is 4.69. The van der Waals surface area contributed by atoms with Gasteiger partial charge in [-0.15, -0.1) is 0 Å². The summed E-state index contributed by atoms with van der Waals surface area (Å²) >= 11 is 0. The molecule has 1 aliphatic rings. The van der Waals surface area contributed by atoms with Crippen LogP contribution in [0.15, 0.2) is 0 Å². The smallest absolute Gasteiger partial charge is 0.0456 e. The maximum absolute atomic E-state index is 9.07. The van der Waals surface area contributed by atoms with Crippen LogP contribution < -0.4 is 0 Å². The highest BCUT2D eigenvalue weighted by atomic mass is 16.3. The SMILES string of the molecule is CCC1C[C@@H](CC)CCC1CC[C@@H](C)CO. The predicted octanol–water partition coefficient (Wildman–Crippen LogP) is 4.25. The molecule has 0 amide bonds. The molecular weight excluding hydrogens is 196 g/mol. The van der Waals surface area contributed by atoms with Gasteiger partial charge < -0.3 is 5.11 Å². The fourth-order valence-corrected chi connectivity index (χ4v) is 3.26. The first kappa shape index (κ1) is 14.0. The van der Waals surface area contributed by atoms with Crippen LogP contribution in [0.3, 0.4) is 0 Å². The van der Waals surface area contributed by atoms with Gasteiger partial charge in [-0.3, -0.25) is 0 Å². The summed E-state index contributed by atoms with van der Waals surface area (Å²) in [5.74, 6) is 3.41. The zero-order valence-electron chi connectivity index (χ0n) is 11.4. The molecule has 1 heteroatoms. The van der Waals surface area contributed by atoms with Crippen molar-refractivity contribution in [1.29, 1.82) is 0 Å². The lowest BCUT2D eigenvalue weighted by atomic mass is 9.70. The number of aliphatic hydroxyl groups is 1. The van der Waals surface area contributed by atoms with E-state index in [1.54, 1.807) is 0 Å².